The predicted octanol–water partition coefficient (Wildman–Crippen LogP) is 1.10. The Labute approximate surface area is 136 Å². The highest BCUT2D eigenvalue weighted by atomic mass is 16.2. The Hall–Kier alpha value is -2.21. The summed E-state index contributed by atoms with van der Waals surface area (Å²) >= 11 is 0. The lowest BCUT2D eigenvalue weighted by molar-refractivity contribution is -0.121. The van der Waals surface area contributed by atoms with Crippen LogP contribution < -0.4 is 10.6 Å². The third-order valence-corrected chi connectivity index (χ3v) is 4.24. The van der Waals surface area contributed by atoms with Crippen LogP contribution in [-0.4, -0.2) is 40.3 Å². The second kappa shape index (κ2) is 7.87. The summed E-state index contributed by atoms with van der Waals surface area (Å²) in [4.78, 5) is 16.1. The minimum absolute atomic E-state index is 0.00720. The Morgan fingerprint density at radius 1 is 1.30 bits per heavy atom. The van der Waals surface area contributed by atoms with Crippen molar-refractivity contribution >= 4 is 5.91 Å². The second-order valence-electron chi connectivity index (χ2n) is 5.91. The van der Waals surface area contributed by atoms with Gasteiger partial charge in [-0.25, -0.2) is 0 Å². The predicted molar refractivity (Wildman–Crippen MR) is 88.0 cm³/mol. The molecular formula is C17H23N5O. The molecule has 2 aromatic rings. The normalized spacial score (nSPS) is 17.8. The lowest BCUT2D eigenvalue weighted by Gasteiger charge is -2.23. The maximum atomic E-state index is 12.1. The highest BCUT2D eigenvalue weighted by Gasteiger charge is 2.19. The Kier molecular flexibility index (Phi) is 5.37. The molecule has 6 nitrogen and oxygen atoms in total. The maximum absolute atomic E-state index is 12.1. The largest absolute Gasteiger partial charge is 0.354 e. The van der Waals surface area contributed by atoms with Crippen LogP contribution >= 0.6 is 0 Å². The van der Waals surface area contributed by atoms with Crippen LogP contribution in [0.3, 0.4) is 0 Å². The van der Waals surface area contributed by atoms with Crippen LogP contribution in [0.2, 0.25) is 0 Å². The average Bonchev–Trinajstić information content (AvgIpc) is 3.05. The molecule has 0 bridgehead atoms. The zero-order valence-corrected chi connectivity index (χ0v) is 13.2. The fourth-order valence-electron chi connectivity index (χ4n) is 3.01. The standard InChI is InChI=1S/C17H23N5O/c23-17(20-10-5-14-3-8-18-9-4-14)13-22-16(6-11-21-22)15-2-1-7-19-12-15/h3-4,6,8-9,11,15,19H,1-2,5,7,10,12-13H2,(H,20,23)/t15-/m1/s1. The monoisotopic (exact) mass is 313 g/mol. The number of hydrogen-bond donors (Lipinski definition) is 2. The Balaban J connectivity index is 1.49. The fraction of sp³-hybridized carbons (Fsp3) is 0.471. The van der Waals surface area contributed by atoms with Crippen molar-refractivity contribution < 1.29 is 4.79 Å². The van der Waals surface area contributed by atoms with Crippen LogP contribution in [0.4, 0.5) is 0 Å². The van der Waals surface area contributed by atoms with Gasteiger partial charge in [0.2, 0.25) is 5.91 Å². The Morgan fingerprint density at radius 2 is 2.17 bits per heavy atom. The maximum Gasteiger partial charge on any atom is 0.241 e. The van der Waals surface area contributed by atoms with Crippen molar-refractivity contribution in [1.29, 1.82) is 0 Å². The highest BCUT2D eigenvalue weighted by molar-refractivity contribution is 5.75. The van der Waals surface area contributed by atoms with Crippen molar-refractivity contribution in [2.75, 3.05) is 19.6 Å². The van der Waals surface area contributed by atoms with Gasteiger partial charge >= 0.3 is 0 Å². The molecule has 0 radical (unpaired) electrons. The Morgan fingerprint density at radius 3 is 2.96 bits per heavy atom. The van der Waals surface area contributed by atoms with Gasteiger partial charge in [-0.05, 0) is 49.6 Å². The van der Waals surface area contributed by atoms with E-state index in [1.54, 1.807) is 18.6 Å². The molecule has 1 aliphatic heterocycles. The van der Waals surface area contributed by atoms with E-state index in [4.69, 9.17) is 0 Å². The number of nitrogens with zero attached hydrogens (tertiary/aromatic N) is 3. The van der Waals surface area contributed by atoms with E-state index in [0.717, 1.165) is 31.6 Å². The number of aromatic nitrogens is 3. The smallest absolute Gasteiger partial charge is 0.241 e. The van der Waals surface area contributed by atoms with E-state index in [9.17, 15) is 4.79 Å². The summed E-state index contributed by atoms with van der Waals surface area (Å²) < 4.78 is 1.83. The summed E-state index contributed by atoms with van der Waals surface area (Å²) in [5.74, 6) is 0.462. The molecule has 6 heteroatoms. The molecule has 0 saturated carbocycles. The Bertz CT molecular complexity index is 619. The molecule has 1 atom stereocenters. The van der Waals surface area contributed by atoms with E-state index in [2.05, 4.69) is 20.7 Å². The number of carbonyl (C=O) groups is 1. The molecule has 1 saturated heterocycles. The third kappa shape index (κ3) is 4.39. The molecular weight excluding hydrogens is 290 g/mol. The van der Waals surface area contributed by atoms with Crippen molar-refractivity contribution in [3.8, 4) is 0 Å². The van der Waals surface area contributed by atoms with E-state index in [1.165, 1.54) is 12.0 Å². The molecule has 2 aromatic heterocycles. The van der Waals surface area contributed by atoms with Gasteiger partial charge in [0.25, 0.3) is 0 Å². The first-order chi connectivity index (χ1) is 11.3. The minimum Gasteiger partial charge on any atom is -0.354 e. The number of piperidine rings is 1. The highest BCUT2D eigenvalue weighted by Crippen LogP contribution is 2.22. The molecule has 1 amide bonds. The van der Waals surface area contributed by atoms with Gasteiger partial charge in [0.05, 0.1) is 0 Å². The fourth-order valence-corrected chi connectivity index (χ4v) is 3.01. The molecule has 1 aliphatic rings. The third-order valence-electron chi connectivity index (χ3n) is 4.24. The number of rotatable bonds is 6. The number of amides is 1. The summed E-state index contributed by atoms with van der Waals surface area (Å²) in [5, 5.41) is 10.7. The number of hydrogen-bond acceptors (Lipinski definition) is 4. The number of nitrogens with one attached hydrogen (secondary N) is 2. The van der Waals surface area contributed by atoms with E-state index in [0.29, 0.717) is 12.5 Å². The van der Waals surface area contributed by atoms with Crippen LogP contribution in [0.5, 0.6) is 0 Å². The van der Waals surface area contributed by atoms with Crippen molar-refractivity contribution in [3.63, 3.8) is 0 Å². The lowest BCUT2D eigenvalue weighted by Crippen LogP contribution is -2.33. The van der Waals surface area contributed by atoms with Crippen LogP contribution in [0.15, 0.2) is 36.8 Å². The van der Waals surface area contributed by atoms with Gasteiger partial charge in [-0.2, -0.15) is 5.10 Å². The summed E-state index contributed by atoms with van der Waals surface area (Å²) in [7, 11) is 0. The molecule has 3 rings (SSSR count). The molecule has 0 unspecified atom stereocenters. The van der Waals surface area contributed by atoms with Gasteiger partial charge in [0, 0.05) is 43.3 Å². The summed E-state index contributed by atoms with van der Waals surface area (Å²) in [6, 6.07) is 5.96. The summed E-state index contributed by atoms with van der Waals surface area (Å²) in [6.07, 6.45) is 8.47. The number of carbonyl (C=O) groups excluding carboxylic acids is 1. The molecule has 2 N–H and O–H groups in total. The van der Waals surface area contributed by atoms with Gasteiger partial charge in [0.1, 0.15) is 6.54 Å². The zero-order valence-electron chi connectivity index (χ0n) is 13.2. The topological polar surface area (TPSA) is 71.8 Å². The van der Waals surface area contributed by atoms with Crippen LogP contribution in [0.25, 0.3) is 0 Å². The quantitative estimate of drug-likeness (QED) is 0.838. The van der Waals surface area contributed by atoms with Crippen molar-refractivity contribution in [2.45, 2.75) is 31.7 Å². The molecule has 0 spiro atoms. The van der Waals surface area contributed by atoms with Crippen LogP contribution in [-0.2, 0) is 17.8 Å². The van der Waals surface area contributed by atoms with Gasteiger partial charge in [-0.1, -0.05) is 0 Å². The van der Waals surface area contributed by atoms with Crippen LogP contribution in [0.1, 0.15) is 30.0 Å². The molecule has 122 valence electrons. The van der Waals surface area contributed by atoms with E-state index < -0.39 is 0 Å². The van der Waals surface area contributed by atoms with E-state index in [1.807, 2.05) is 22.9 Å². The minimum atomic E-state index is 0.00720. The van der Waals surface area contributed by atoms with Gasteiger partial charge in [0.15, 0.2) is 0 Å². The summed E-state index contributed by atoms with van der Waals surface area (Å²) in [5.41, 5.74) is 2.33. The van der Waals surface area contributed by atoms with Crippen molar-refractivity contribution in [3.05, 3.63) is 48.0 Å². The SMILES string of the molecule is O=C(Cn1nccc1[C@@H]1CCCNC1)NCCc1ccncc1. The van der Waals surface area contributed by atoms with Gasteiger partial charge < -0.3 is 10.6 Å². The second-order valence-corrected chi connectivity index (χ2v) is 5.91. The first-order valence-electron chi connectivity index (χ1n) is 8.21. The van der Waals surface area contributed by atoms with E-state index in [-0.39, 0.29) is 12.5 Å². The molecule has 3 heterocycles. The number of pyridine rings is 1. The first kappa shape index (κ1) is 15.7. The van der Waals surface area contributed by atoms with Gasteiger partial charge in [-0.3, -0.25) is 14.5 Å². The van der Waals surface area contributed by atoms with Crippen molar-refractivity contribution in [1.82, 2.24) is 25.4 Å². The molecule has 0 aliphatic carbocycles. The van der Waals surface area contributed by atoms with Crippen LogP contribution in [0, 0.1) is 0 Å². The molecule has 23 heavy (non-hydrogen) atoms. The van der Waals surface area contributed by atoms with Gasteiger partial charge in [-0.15, -0.1) is 0 Å². The van der Waals surface area contributed by atoms with Crippen molar-refractivity contribution in [2.24, 2.45) is 0 Å². The zero-order chi connectivity index (χ0) is 15.9. The molecule has 0 aromatic carbocycles. The average molecular weight is 313 g/mol. The van der Waals surface area contributed by atoms with E-state index >= 15 is 0 Å². The first-order valence-corrected chi connectivity index (χ1v) is 8.21. The summed E-state index contributed by atoms with van der Waals surface area (Å²) in [6.45, 7) is 2.97. The lowest BCUT2D eigenvalue weighted by atomic mass is 9.96. The molecule has 1 fully saturated rings.